The second-order valence-corrected chi connectivity index (χ2v) is 1.20. The van der Waals surface area contributed by atoms with Crippen molar-refractivity contribution in [2.45, 2.75) is 0 Å². The van der Waals surface area contributed by atoms with Crippen LogP contribution in [0.4, 0.5) is 0 Å². The van der Waals surface area contributed by atoms with Crippen LogP contribution in [-0.2, 0) is 9.63 Å². The number of hydroxylamine groups is 1. The summed E-state index contributed by atoms with van der Waals surface area (Å²) >= 11 is 0. The van der Waals surface area contributed by atoms with E-state index in [0.717, 1.165) is 0 Å². The molecule has 0 aromatic rings. The molecular weight excluding hydrogens is 96.0 g/mol. The van der Waals surface area contributed by atoms with Crippen molar-refractivity contribution in [1.82, 2.24) is 5.48 Å². The highest BCUT2D eigenvalue weighted by Crippen LogP contribution is 1.83. The summed E-state index contributed by atoms with van der Waals surface area (Å²) in [4.78, 5) is 14.5. The van der Waals surface area contributed by atoms with Gasteiger partial charge < -0.3 is 0 Å². The molecule has 1 rings (SSSR count). The molecule has 0 aromatic carbocycles. The first-order valence-electron chi connectivity index (χ1n) is 1.80. The maximum atomic E-state index is 10.1. The van der Waals surface area contributed by atoms with Crippen molar-refractivity contribution in [3.63, 3.8) is 0 Å². The van der Waals surface area contributed by atoms with Gasteiger partial charge in [-0.05, 0) is 0 Å². The Hall–Kier alpha value is -0.900. The van der Waals surface area contributed by atoms with Crippen molar-refractivity contribution >= 4 is 11.6 Å². The van der Waals surface area contributed by atoms with E-state index in [-0.39, 0.29) is 12.3 Å². The second-order valence-electron chi connectivity index (χ2n) is 1.20. The van der Waals surface area contributed by atoms with E-state index in [0.29, 0.717) is 0 Å². The Bertz CT molecular complexity index is 106. The van der Waals surface area contributed by atoms with Crippen molar-refractivity contribution in [3.8, 4) is 0 Å². The molecule has 38 valence electrons. The Morgan fingerprint density at radius 3 is 2.71 bits per heavy atom. The summed E-state index contributed by atoms with van der Waals surface area (Å²) in [5.41, 5.74) is 1.99. The first-order chi connectivity index (χ1) is 3.30. The molecule has 1 fully saturated rings. The molecular formula is C3H4N2O2. The number of rotatable bonds is 0. The zero-order valence-corrected chi connectivity index (χ0v) is 3.52. The molecule has 4 nitrogen and oxygen atoms in total. The Morgan fingerprint density at radius 2 is 2.57 bits per heavy atom. The lowest BCUT2D eigenvalue weighted by Gasteiger charge is -1.80. The van der Waals surface area contributed by atoms with Gasteiger partial charge >= 0.3 is 0 Å². The van der Waals surface area contributed by atoms with E-state index in [2.05, 4.69) is 4.84 Å². The summed E-state index contributed by atoms with van der Waals surface area (Å²) in [6.07, 6.45) is 0. The number of carbonyl (C=O) groups excluding carboxylic acids is 1. The molecule has 0 aromatic heterocycles. The van der Waals surface area contributed by atoms with Crippen LogP contribution < -0.4 is 5.48 Å². The smallest absolute Gasteiger partial charge is 0.291 e. The molecule has 7 heavy (non-hydrogen) atoms. The maximum absolute atomic E-state index is 10.1. The zero-order valence-electron chi connectivity index (χ0n) is 3.52. The number of hydrogen-bond donors (Lipinski definition) is 2. The van der Waals surface area contributed by atoms with E-state index in [1.54, 1.807) is 0 Å². The van der Waals surface area contributed by atoms with Crippen LogP contribution in [0, 0.1) is 5.41 Å². The third-order valence-electron chi connectivity index (χ3n) is 0.655. The van der Waals surface area contributed by atoms with Crippen LogP contribution in [0.1, 0.15) is 0 Å². The minimum Gasteiger partial charge on any atom is -0.297 e. The number of hydrogen-bond acceptors (Lipinski definition) is 3. The highest BCUT2D eigenvalue weighted by atomic mass is 16.7. The van der Waals surface area contributed by atoms with Gasteiger partial charge in [-0.3, -0.25) is 15.0 Å². The first-order valence-corrected chi connectivity index (χ1v) is 1.80. The van der Waals surface area contributed by atoms with Gasteiger partial charge in [0.2, 0.25) is 0 Å². The van der Waals surface area contributed by atoms with Gasteiger partial charge in [0, 0.05) is 0 Å². The lowest BCUT2D eigenvalue weighted by atomic mass is 10.4. The van der Waals surface area contributed by atoms with E-state index in [4.69, 9.17) is 5.41 Å². The molecule has 1 aliphatic rings. The fraction of sp³-hybridized carbons (Fsp3) is 0.333. The molecule has 0 aliphatic carbocycles. The summed E-state index contributed by atoms with van der Waals surface area (Å²) in [6, 6.07) is 0. The van der Waals surface area contributed by atoms with E-state index >= 15 is 0 Å². The lowest BCUT2D eigenvalue weighted by Crippen LogP contribution is -2.17. The minimum absolute atomic E-state index is 0.0139. The van der Waals surface area contributed by atoms with E-state index in [9.17, 15) is 4.79 Å². The SMILES string of the molecule is N=C1CONC1=O. The molecule has 0 bridgehead atoms. The number of amides is 1. The topological polar surface area (TPSA) is 62.2 Å². The Morgan fingerprint density at radius 1 is 1.86 bits per heavy atom. The molecule has 0 radical (unpaired) electrons. The Kier molecular flexibility index (Phi) is 0.796. The molecule has 1 aliphatic heterocycles. The van der Waals surface area contributed by atoms with Gasteiger partial charge in [0.15, 0.2) is 0 Å². The minimum atomic E-state index is -0.431. The van der Waals surface area contributed by atoms with Gasteiger partial charge in [0.25, 0.3) is 5.91 Å². The van der Waals surface area contributed by atoms with Crippen molar-refractivity contribution in [1.29, 1.82) is 5.41 Å². The van der Waals surface area contributed by atoms with E-state index in [1.807, 2.05) is 5.48 Å². The maximum Gasteiger partial charge on any atom is 0.291 e. The lowest BCUT2D eigenvalue weighted by molar-refractivity contribution is -0.121. The highest BCUT2D eigenvalue weighted by molar-refractivity contribution is 6.39. The summed E-state index contributed by atoms with van der Waals surface area (Å²) in [7, 11) is 0. The Labute approximate surface area is 39.9 Å². The molecule has 0 saturated carbocycles. The highest BCUT2D eigenvalue weighted by Gasteiger charge is 2.15. The largest absolute Gasteiger partial charge is 0.297 e. The van der Waals surface area contributed by atoms with Crippen molar-refractivity contribution in [3.05, 3.63) is 0 Å². The van der Waals surface area contributed by atoms with Gasteiger partial charge in [-0.2, -0.15) is 0 Å². The van der Waals surface area contributed by atoms with Gasteiger partial charge in [0.05, 0.1) is 0 Å². The van der Waals surface area contributed by atoms with E-state index < -0.39 is 5.91 Å². The van der Waals surface area contributed by atoms with Crippen molar-refractivity contribution in [2.24, 2.45) is 0 Å². The van der Waals surface area contributed by atoms with Gasteiger partial charge in [0.1, 0.15) is 12.3 Å². The number of nitrogens with one attached hydrogen (secondary N) is 2. The van der Waals surface area contributed by atoms with Gasteiger partial charge in [-0.25, -0.2) is 5.48 Å². The molecule has 1 heterocycles. The van der Waals surface area contributed by atoms with Crippen LogP contribution in [0.2, 0.25) is 0 Å². The zero-order chi connectivity index (χ0) is 5.28. The van der Waals surface area contributed by atoms with Crippen LogP contribution in [-0.4, -0.2) is 18.2 Å². The fourth-order valence-corrected chi connectivity index (χ4v) is 0.301. The van der Waals surface area contributed by atoms with Crippen LogP contribution in [0.25, 0.3) is 0 Å². The summed E-state index contributed by atoms with van der Waals surface area (Å²) in [5, 5.41) is 6.72. The molecule has 4 heteroatoms. The van der Waals surface area contributed by atoms with E-state index in [1.165, 1.54) is 0 Å². The summed E-state index contributed by atoms with van der Waals surface area (Å²) in [6.45, 7) is 0.0961. The van der Waals surface area contributed by atoms with Crippen LogP contribution >= 0.6 is 0 Å². The average Bonchev–Trinajstić information content (AvgIpc) is 1.91. The van der Waals surface area contributed by atoms with Crippen LogP contribution in [0.3, 0.4) is 0 Å². The van der Waals surface area contributed by atoms with Crippen LogP contribution in [0.5, 0.6) is 0 Å². The molecule has 0 atom stereocenters. The standard InChI is InChI=1S/C3H4N2O2/c4-2-1-7-5-3(2)6/h4H,1H2,(H,5,6). The first kappa shape index (κ1) is 4.26. The normalized spacial score (nSPS) is 20.0. The molecule has 1 amide bonds. The predicted molar refractivity (Wildman–Crippen MR) is 21.8 cm³/mol. The molecule has 0 unspecified atom stereocenters. The third kappa shape index (κ3) is 0.592. The average molecular weight is 100 g/mol. The van der Waals surface area contributed by atoms with Gasteiger partial charge in [-0.15, -0.1) is 0 Å². The second kappa shape index (κ2) is 1.31. The quantitative estimate of drug-likeness (QED) is 0.413. The monoisotopic (exact) mass is 100 g/mol. The predicted octanol–water partition coefficient (Wildman–Crippen LogP) is -0.932. The molecule has 2 N–H and O–H groups in total. The molecule has 0 spiro atoms. The van der Waals surface area contributed by atoms with Crippen molar-refractivity contribution < 1.29 is 9.63 Å². The third-order valence-corrected chi connectivity index (χ3v) is 0.655. The molecule has 1 saturated heterocycles. The fourth-order valence-electron chi connectivity index (χ4n) is 0.301. The van der Waals surface area contributed by atoms with Crippen molar-refractivity contribution in [2.75, 3.05) is 6.61 Å². The van der Waals surface area contributed by atoms with Gasteiger partial charge in [-0.1, -0.05) is 0 Å². The van der Waals surface area contributed by atoms with Crippen LogP contribution in [0.15, 0.2) is 0 Å². The number of carbonyl (C=O) groups is 1. The Balaban J connectivity index is 2.65. The summed E-state index contributed by atoms with van der Waals surface area (Å²) < 4.78 is 0. The summed E-state index contributed by atoms with van der Waals surface area (Å²) in [5.74, 6) is -0.431.